The molecule has 0 bridgehead atoms. The van der Waals surface area contributed by atoms with Crippen LogP contribution in [0.15, 0.2) is 24.3 Å². The van der Waals surface area contributed by atoms with Gasteiger partial charge in [-0.05, 0) is 43.0 Å². The van der Waals surface area contributed by atoms with Gasteiger partial charge < -0.3 is 15.8 Å². The second kappa shape index (κ2) is 7.15. The molecule has 1 aliphatic heterocycles. The number of urea groups is 1. The highest BCUT2D eigenvalue weighted by Crippen LogP contribution is 2.16. The first-order chi connectivity index (χ1) is 10.5. The Labute approximate surface area is 130 Å². The number of nitrogens with two attached hydrogens (primary N) is 1. The molecule has 1 saturated heterocycles. The standard InChI is InChI=1S/C16H23N3O3/c1-11(2)10-14-15(20)19(16(21)18-14)8-3-9-22-13-6-4-12(17)5-7-13/h4-7,11,14H,3,8-10,17H2,1-2H3,(H,18,21). The van der Waals surface area contributed by atoms with E-state index >= 15 is 0 Å². The van der Waals surface area contributed by atoms with Crippen molar-refractivity contribution in [2.75, 3.05) is 18.9 Å². The fraction of sp³-hybridized carbons (Fsp3) is 0.500. The SMILES string of the molecule is CC(C)CC1NC(=O)N(CCCOc2ccc(N)cc2)C1=O. The van der Waals surface area contributed by atoms with Crippen LogP contribution in [0, 0.1) is 5.92 Å². The lowest BCUT2D eigenvalue weighted by Gasteiger charge is -2.14. The second-order valence-corrected chi connectivity index (χ2v) is 5.89. The molecule has 120 valence electrons. The third-order valence-corrected chi connectivity index (χ3v) is 3.49. The number of imide groups is 1. The monoisotopic (exact) mass is 305 g/mol. The number of nitrogens with one attached hydrogen (secondary N) is 1. The molecule has 1 aromatic carbocycles. The minimum Gasteiger partial charge on any atom is -0.494 e. The van der Waals surface area contributed by atoms with Gasteiger partial charge >= 0.3 is 6.03 Å². The van der Waals surface area contributed by atoms with Gasteiger partial charge in [0.1, 0.15) is 11.8 Å². The number of carbonyl (C=O) groups is 2. The van der Waals surface area contributed by atoms with Crippen LogP contribution in [0.5, 0.6) is 5.75 Å². The number of benzene rings is 1. The lowest BCUT2D eigenvalue weighted by atomic mass is 10.0. The minimum atomic E-state index is -0.384. The van der Waals surface area contributed by atoms with Crippen molar-refractivity contribution in [1.82, 2.24) is 10.2 Å². The molecule has 1 fully saturated rings. The zero-order valence-corrected chi connectivity index (χ0v) is 13.0. The number of hydrogen-bond donors (Lipinski definition) is 2. The van der Waals surface area contributed by atoms with Crippen LogP contribution in [0.2, 0.25) is 0 Å². The van der Waals surface area contributed by atoms with Crippen LogP contribution >= 0.6 is 0 Å². The number of anilines is 1. The van der Waals surface area contributed by atoms with Crippen molar-refractivity contribution >= 4 is 17.6 Å². The summed E-state index contributed by atoms with van der Waals surface area (Å²) in [6, 6.07) is 6.43. The predicted octanol–water partition coefficient (Wildman–Crippen LogP) is 2.00. The van der Waals surface area contributed by atoms with Gasteiger partial charge in [-0.2, -0.15) is 0 Å². The third-order valence-electron chi connectivity index (χ3n) is 3.49. The van der Waals surface area contributed by atoms with E-state index in [1.54, 1.807) is 24.3 Å². The number of nitrogen functional groups attached to an aromatic ring is 1. The Hall–Kier alpha value is -2.24. The average Bonchev–Trinajstić information content (AvgIpc) is 2.71. The lowest BCUT2D eigenvalue weighted by molar-refractivity contribution is -0.127. The molecule has 6 nitrogen and oxygen atoms in total. The molecule has 1 heterocycles. The maximum Gasteiger partial charge on any atom is 0.324 e. The molecule has 0 spiro atoms. The van der Waals surface area contributed by atoms with Gasteiger partial charge in [-0.1, -0.05) is 13.8 Å². The van der Waals surface area contributed by atoms with E-state index in [2.05, 4.69) is 5.32 Å². The Balaban J connectivity index is 1.75. The minimum absolute atomic E-state index is 0.133. The molecule has 1 unspecified atom stereocenters. The fourth-order valence-corrected chi connectivity index (χ4v) is 2.40. The van der Waals surface area contributed by atoms with Gasteiger partial charge in [-0.3, -0.25) is 9.69 Å². The van der Waals surface area contributed by atoms with E-state index < -0.39 is 0 Å². The van der Waals surface area contributed by atoms with Gasteiger partial charge in [0, 0.05) is 12.2 Å². The van der Waals surface area contributed by atoms with Crippen LogP contribution < -0.4 is 15.8 Å². The van der Waals surface area contributed by atoms with Gasteiger partial charge in [-0.15, -0.1) is 0 Å². The highest BCUT2D eigenvalue weighted by atomic mass is 16.5. The number of hydrogen-bond acceptors (Lipinski definition) is 4. The van der Waals surface area contributed by atoms with Crippen molar-refractivity contribution in [3.8, 4) is 5.75 Å². The molecule has 2 rings (SSSR count). The summed E-state index contributed by atoms with van der Waals surface area (Å²) in [4.78, 5) is 25.2. The van der Waals surface area contributed by atoms with E-state index in [-0.39, 0.29) is 18.0 Å². The Morgan fingerprint density at radius 2 is 1.95 bits per heavy atom. The number of nitrogens with zero attached hydrogens (tertiary/aromatic N) is 1. The zero-order chi connectivity index (χ0) is 16.1. The Kier molecular flexibility index (Phi) is 5.25. The first-order valence-corrected chi connectivity index (χ1v) is 7.57. The van der Waals surface area contributed by atoms with Gasteiger partial charge in [0.15, 0.2) is 0 Å². The first-order valence-electron chi connectivity index (χ1n) is 7.57. The Morgan fingerprint density at radius 3 is 2.59 bits per heavy atom. The highest BCUT2D eigenvalue weighted by molar-refractivity contribution is 6.04. The number of rotatable bonds is 7. The summed E-state index contributed by atoms with van der Waals surface area (Å²) in [6.45, 7) is 4.87. The van der Waals surface area contributed by atoms with Crippen molar-refractivity contribution in [3.63, 3.8) is 0 Å². The first kappa shape index (κ1) is 16.1. The molecule has 22 heavy (non-hydrogen) atoms. The quantitative estimate of drug-likeness (QED) is 0.458. The van der Waals surface area contributed by atoms with E-state index in [0.717, 1.165) is 5.75 Å². The van der Waals surface area contributed by atoms with Crippen LogP contribution in [0.3, 0.4) is 0 Å². The van der Waals surface area contributed by atoms with Crippen LogP contribution in [0.1, 0.15) is 26.7 Å². The average molecular weight is 305 g/mol. The molecule has 0 aliphatic carbocycles. The van der Waals surface area contributed by atoms with E-state index in [9.17, 15) is 9.59 Å². The second-order valence-electron chi connectivity index (χ2n) is 5.89. The molecule has 0 aromatic heterocycles. The summed E-state index contributed by atoms with van der Waals surface area (Å²) < 4.78 is 5.56. The zero-order valence-electron chi connectivity index (χ0n) is 13.0. The number of ether oxygens (including phenoxy) is 1. The maximum absolute atomic E-state index is 12.1. The van der Waals surface area contributed by atoms with E-state index in [4.69, 9.17) is 10.5 Å². The van der Waals surface area contributed by atoms with Crippen molar-refractivity contribution in [3.05, 3.63) is 24.3 Å². The molecular weight excluding hydrogens is 282 g/mol. The summed E-state index contributed by atoms with van der Waals surface area (Å²) in [5.74, 6) is 0.957. The van der Waals surface area contributed by atoms with Crippen LogP contribution in [-0.4, -0.2) is 36.0 Å². The molecule has 1 aromatic rings. The van der Waals surface area contributed by atoms with Crippen molar-refractivity contribution in [2.45, 2.75) is 32.7 Å². The van der Waals surface area contributed by atoms with Crippen molar-refractivity contribution < 1.29 is 14.3 Å². The fourth-order valence-electron chi connectivity index (χ4n) is 2.40. The largest absolute Gasteiger partial charge is 0.494 e. The summed E-state index contributed by atoms with van der Waals surface area (Å²) in [6.07, 6.45) is 1.26. The summed E-state index contributed by atoms with van der Waals surface area (Å²) in [7, 11) is 0. The summed E-state index contributed by atoms with van der Waals surface area (Å²) in [5, 5.41) is 2.73. The van der Waals surface area contributed by atoms with E-state index in [1.165, 1.54) is 4.90 Å². The lowest BCUT2D eigenvalue weighted by Crippen LogP contribution is -2.33. The summed E-state index contributed by atoms with van der Waals surface area (Å²) >= 11 is 0. The smallest absolute Gasteiger partial charge is 0.324 e. The molecule has 6 heteroatoms. The van der Waals surface area contributed by atoms with Crippen molar-refractivity contribution in [1.29, 1.82) is 0 Å². The highest BCUT2D eigenvalue weighted by Gasteiger charge is 2.37. The third kappa shape index (κ3) is 4.13. The molecule has 3 N–H and O–H groups in total. The van der Waals surface area contributed by atoms with E-state index in [1.807, 2.05) is 13.8 Å². The number of amides is 3. The van der Waals surface area contributed by atoms with Crippen LogP contribution in [0.4, 0.5) is 10.5 Å². The van der Waals surface area contributed by atoms with Crippen LogP contribution in [0.25, 0.3) is 0 Å². The van der Waals surface area contributed by atoms with E-state index in [0.29, 0.717) is 37.6 Å². The molecule has 1 aliphatic rings. The summed E-state index contributed by atoms with van der Waals surface area (Å²) in [5.41, 5.74) is 6.28. The van der Waals surface area contributed by atoms with Gasteiger partial charge in [0.25, 0.3) is 5.91 Å². The predicted molar refractivity (Wildman–Crippen MR) is 84.5 cm³/mol. The van der Waals surface area contributed by atoms with Gasteiger partial charge in [0.05, 0.1) is 6.61 Å². The van der Waals surface area contributed by atoms with Crippen LogP contribution in [-0.2, 0) is 4.79 Å². The Morgan fingerprint density at radius 1 is 1.27 bits per heavy atom. The normalized spacial score (nSPS) is 18.0. The molecule has 3 amide bonds. The van der Waals surface area contributed by atoms with Crippen molar-refractivity contribution in [2.24, 2.45) is 5.92 Å². The molecule has 0 radical (unpaired) electrons. The molecular formula is C16H23N3O3. The maximum atomic E-state index is 12.1. The Bertz CT molecular complexity index is 528. The number of carbonyl (C=O) groups excluding carboxylic acids is 2. The molecule has 0 saturated carbocycles. The van der Waals surface area contributed by atoms with Gasteiger partial charge in [0.2, 0.25) is 0 Å². The topological polar surface area (TPSA) is 84.7 Å². The molecule has 1 atom stereocenters. The van der Waals surface area contributed by atoms with Gasteiger partial charge in [-0.25, -0.2) is 4.79 Å².